The Labute approximate surface area is 116 Å². The average Bonchev–Trinajstić information content (AvgIpc) is 2.92. The van der Waals surface area contributed by atoms with Gasteiger partial charge in [-0.15, -0.1) is 0 Å². The van der Waals surface area contributed by atoms with E-state index in [1.807, 2.05) is 19.1 Å². The first-order chi connectivity index (χ1) is 9.69. The highest BCUT2D eigenvalue weighted by molar-refractivity contribution is 6.02. The Kier molecular flexibility index (Phi) is 4.47. The third-order valence-electron chi connectivity index (χ3n) is 2.45. The van der Waals surface area contributed by atoms with Crippen LogP contribution in [0.4, 0.5) is 5.69 Å². The highest BCUT2D eigenvalue weighted by Crippen LogP contribution is 2.14. The number of nitrogens with one attached hydrogen (secondary N) is 2. The maximum atomic E-state index is 11.9. The van der Waals surface area contributed by atoms with Gasteiger partial charge in [-0.25, -0.2) is 0 Å². The van der Waals surface area contributed by atoms with Gasteiger partial charge in [0.1, 0.15) is 0 Å². The SMILES string of the molecule is Cc1cc(C#CCCO)cc(NC(=O)c2cn[nH]n2)c1. The number of anilines is 1. The van der Waals surface area contributed by atoms with Gasteiger partial charge in [0.25, 0.3) is 5.91 Å². The maximum Gasteiger partial charge on any atom is 0.277 e. The molecule has 0 unspecified atom stereocenters. The van der Waals surface area contributed by atoms with Crippen LogP contribution in [0.3, 0.4) is 0 Å². The zero-order valence-electron chi connectivity index (χ0n) is 11.0. The molecule has 2 aromatic rings. The number of aliphatic hydroxyl groups excluding tert-OH is 1. The zero-order valence-corrected chi connectivity index (χ0v) is 11.0. The highest BCUT2D eigenvalue weighted by Gasteiger charge is 2.09. The van der Waals surface area contributed by atoms with Gasteiger partial charge in [-0.05, 0) is 30.7 Å². The lowest BCUT2D eigenvalue weighted by Gasteiger charge is -2.05. The number of aliphatic hydroxyl groups is 1. The fourth-order valence-electron chi connectivity index (χ4n) is 1.65. The molecule has 0 saturated heterocycles. The van der Waals surface area contributed by atoms with Gasteiger partial charge in [0, 0.05) is 17.7 Å². The maximum absolute atomic E-state index is 11.9. The number of rotatable bonds is 3. The minimum absolute atomic E-state index is 0.0363. The van der Waals surface area contributed by atoms with E-state index < -0.39 is 0 Å². The van der Waals surface area contributed by atoms with Gasteiger partial charge in [0.2, 0.25) is 0 Å². The molecular weight excluding hydrogens is 256 g/mol. The van der Waals surface area contributed by atoms with Crippen LogP contribution >= 0.6 is 0 Å². The minimum atomic E-state index is -0.335. The van der Waals surface area contributed by atoms with Crippen molar-refractivity contribution >= 4 is 11.6 Å². The number of hydrogen-bond donors (Lipinski definition) is 3. The molecule has 0 spiro atoms. The van der Waals surface area contributed by atoms with Crippen LogP contribution in [-0.4, -0.2) is 33.0 Å². The topological polar surface area (TPSA) is 90.9 Å². The van der Waals surface area contributed by atoms with Gasteiger partial charge in [-0.3, -0.25) is 4.79 Å². The standard InChI is InChI=1S/C14H14N4O2/c1-10-6-11(4-2-3-5-19)8-12(7-10)16-14(20)13-9-15-18-17-13/h6-9,19H,3,5H2,1H3,(H,16,20)(H,15,17,18). The fraction of sp³-hybridized carbons (Fsp3) is 0.214. The zero-order chi connectivity index (χ0) is 14.4. The quantitative estimate of drug-likeness (QED) is 0.728. The number of H-pyrrole nitrogens is 1. The number of carbonyl (C=O) groups excluding carboxylic acids is 1. The Balaban J connectivity index is 2.16. The molecule has 6 nitrogen and oxygen atoms in total. The van der Waals surface area contributed by atoms with E-state index in [1.54, 1.807) is 6.07 Å². The predicted molar refractivity (Wildman–Crippen MR) is 74.1 cm³/mol. The van der Waals surface area contributed by atoms with Crippen molar-refractivity contribution in [3.8, 4) is 11.8 Å². The van der Waals surface area contributed by atoms with Gasteiger partial charge in [0.05, 0.1) is 12.8 Å². The summed E-state index contributed by atoms with van der Waals surface area (Å²) in [4.78, 5) is 11.9. The number of aromatic nitrogens is 3. The molecule has 1 aromatic heterocycles. The number of aryl methyl sites for hydroxylation is 1. The molecule has 0 saturated carbocycles. The second-order valence-electron chi connectivity index (χ2n) is 4.17. The van der Waals surface area contributed by atoms with E-state index in [-0.39, 0.29) is 18.2 Å². The Morgan fingerprint density at radius 1 is 1.45 bits per heavy atom. The van der Waals surface area contributed by atoms with Crippen LogP contribution in [0.25, 0.3) is 0 Å². The van der Waals surface area contributed by atoms with Gasteiger partial charge >= 0.3 is 0 Å². The predicted octanol–water partition coefficient (Wildman–Crippen LogP) is 1.10. The van der Waals surface area contributed by atoms with Crippen molar-refractivity contribution in [1.29, 1.82) is 0 Å². The Bertz CT molecular complexity index is 654. The van der Waals surface area contributed by atoms with Crippen molar-refractivity contribution in [2.45, 2.75) is 13.3 Å². The molecule has 0 aliphatic heterocycles. The summed E-state index contributed by atoms with van der Waals surface area (Å²) in [7, 11) is 0. The molecule has 102 valence electrons. The van der Waals surface area contributed by atoms with Crippen LogP contribution in [0, 0.1) is 18.8 Å². The van der Waals surface area contributed by atoms with E-state index in [4.69, 9.17) is 5.11 Å². The molecule has 20 heavy (non-hydrogen) atoms. The first kappa shape index (κ1) is 13.8. The molecule has 0 fully saturated rings. The van der Waals surface area contributed by atoms with Crippen molar-refractivity contribution in [3.05, 3.63) is 41.2 Å². The van der Waals surface area contributed by atoms with E-state index >= 15 is 0 Å². The minimum Gasteiger partial charge on any atom is -0.395 e. The third kappa shape index (κ3) is 3.67. The van der Waals surface area contributed by atoms with Crippen LogP contribution in [-0.2, 0) is 0 Å². The molecule has 0 aliphatic rings. The second-order valence-corrected chi connectivity index (χ2v) is 4.17. The van der Waals surface area contributed by atoms with Crippen LogP contribution < -0.4 is 5.32 Å². The van der Waals surface area contributed by atoms with Crippen molar-refractivity contribution < 1.29 is 9.90 Å². The lowest BCUT2D eigenvalue weighted by molar-refractivity contribution is 0.102. The van der Waals surface area contributed by atoms with Crippen molar-refractivity contribution in [2.75, 3.05) is 11.9 Å². The lowest BCUT2D eigenvalue weighted by atomic mass is 10.1. The molecule has 6 heteroatoms. The van der Waals surface area contributed by atoms with E-state index in [2.05, 4.69) is 32.6 Å². The molecule has 0 aliphatic carbocycles. The number of aromatic amines is 1. The number of amides is 1. The summed E-state index contributed by atoms with van der Waals surface area (Å²) in [5.74, 6) is 5.45. The molecule has 0 radical (unpaired) electrons. The summed E-state index contributed by atoms with van der Waals surface area (Å²) < 4.78 is 0. The summed E-state index contributed by atoms with van der Waals surface area (Å²) in [6.07, 6.45) is 1.78. The third-order valence-corrected chi connectivity index (χ3v) is 2.45. The summed E-state index contributed by atoms with van der Waals surface area (Å²) in [6.45, 7) is 1.96. The monoisotopic (exact) mass is 270 g/mol. The average molecular weight is 270 g/mol. The van der Waals surface area contributed by atoms with E-state index in [0.717, 1.165) is 11.1 Å². The molecule has 3 N–H and O–H groups in total. The van der Waals surface area contributed by atoms with Crippen LogP contribution in [0.15, 0.2) is 24.4 Å². The Morgan fingerprint density at radius 2 is 2.30 bits per heavy atom. The van der Waals surface area contributed by atoms with E-state index in [1.165, 1.54) is 6.20 Å². The first-order valence-corrected chi connectivity index (χ1v) is 6.07. The van der Waals surface area contributed by atoms with Gasteiger partial charge in [0.15, 0.2) is 5.69 Å². The van der Waals surface area contributed by atoms with Gasteiger partial charge in [-0.1, -0.05) is 11.8 Å². The fourth-order valence-corrected chi connectivity index (χ4v) is 1.65. The summed E-state index contributed by atoms with van der Waals surface area (Å²) in [6, 6.07) is 5.53. The normalized spacial score (nSPS) is 9.70. The van der Waals surface area contributed by atoms with Crippen LogP contribution in [0.5, 0.6) is 0 Å². The van der Waals surface area contributed by atoms with Gasteiger partial charge in [-0.2, -0.15) is 15.4 Å². The number of benzene rings is 1. The van der Waals surface area contributed by atoms with Crippen molar-refractivity contribution in [2.24, 2.45) is 0 Å². The first-order valence-electron chi connectivity index (χ1n) is 6.07. The van der Waals surface area contributed by atoms with Crippen molar-refractivity contribution in [1.82, 2.24) is 15.4 Å². The molecule has 1 heterocycles. The molecule has 1 aromatic carbocycles. The number of nitrogens with zero attached hydrogens (tertiary/aromatic N) is 2. The highest BCUT2D eigenvalue weighted by atomic mass is 16.2. The molecular formula is C14H14N4O2. The molecule has 2 rings (SSSR count). The second kappa shape index (κ2) is 6.50. The van der Waals surface area contributed by atoms with Crippen molar-refractivity contribution in [3.63, 3.8) is 0 Å². The van der Waals surface area contributed by atoms with Crippen LogP contribution in [0.2, 0.25) is 0 Å². The Hall–Kier alpha value is -2.65. The lowest BCUT2D eigenvalue weighted by Crippen LogP contribution is -2.12. The molecule has 0 atom stereocenters. The van der Waals surface area contributed by atoms with Crippen LogP contribution in [0.1, 0.15) is 28.0 Å². The number of hydrogen-bond acceptors (Lipinski definition) is 4. The molecule has 0 bridgehead atoms. The van der Waals surface area contributed by atoms with E-state index in [9.17, 15) is 4.79 Å². The van der Waals surface area contributed by atoms with Gasteiger partial charge < -0.3 is 10.4 Å². The summed E-state index contributed by atoms with van der Waals surface area (Å²) in [5, 5.41) is 21.1. The molecule has 1 amide bonds. The largest absolute Gasteiger partial charge is 0.395 e. The summed E-state index contributed by atoms with van der Waals surface area (Å²) in [5.41, 5.74) is 2.64. The number of carbonyl (C=O) groups is 1. The smallest absolute Gasteiger partial charge is 0.277 e. The summed E-state index contributed by atoms with van der Waals surface area (Å²) >= 11 is 0. The van der Waals surface area contributed by atoms with E-state index in [0.29, 0.717) is 12.1 Å². The Morgan fingerprint density at radius 3 is 3.00 bits per heavy atom.